The van der Waals surface area contributed by atoms with E-state index in [0.717, 1.165) is 0 Å². The molecule has 2 aromatic rings. The van der Waals surface area contributed by atoms with Gasteiger partial charge in [-0.2, -0.15) is 8.42 Å². The number of ether oxygens (including phenoxy) is 5. The predicted octanol–water partition coefficient (Wildman–Crippen LogP) is -1.41. The molecule has 0 heterocycles. The van der Waals surface area contributed by atoms with E-state index in [-0.39, 0.29) is 76.6 Å². The third-order valence-electron chi connectivity index (χ3n) is 3.62. The van der Waals surface area contributed by atoms with E-state index in [1.165, 1.54) is 52.7 Å². The molecule has 0 aliphatic rings. The van der Waals surface area contributed by atoms with Crippen molar-refractivity contribution in [2.45, 2.75) is 0 Å². The Morgan fingerprint density at radius 3 is 1.09 bits per heavy atom. The molecular weight excluding hydrogens is 479 g/mol. The van der Waals surface area contributed by atoms with Gasteiger partial charge in [0.1, 0.15) is 0 Å². The summed E-state index contributed by atoms with van der Waals surface area (Å²) in [5.74, 6) is -2.69. The summed E-state index contributed by atoms with van der Waals surface area (Å²) in [6.45, 7) is 0. The average molecular weight is 500 g/mol. The van der Waals surface area contributed by atoms with Crippen LogP contribution in [0.15, 0.2) is 24.3 Å². The minimum absolute atomic E-state index is 0. The SMILES string of the molecule is COc1cc(C(=O)OC(=O)c2cc(OC)c(O)c(OC)c2)cc(OC)c1O.O=S(=O)(O)O.[H-].[Na+]. The van der Waals surface area contributed by atoms with Crippen LogP contribution in [0.5, 0.6) is 34.5 Å². The number of carbonyl (C=O) groups is 2. The number of rotatable bonds is 6. The van der Waals surface area contributed by atoms with Crippen molar-refractivity contribution in [1.82, 2.24) is 0 Å². The van der Waals surface area contributed by atoms with Gasteiger partial charge in [0.25, 0.3) is 0 Å². The molecule has 13 nitrogen and oxygen atoms in total. The van der Waals surface area contributed by atoms with E-state index in [1.54, 1.807) is 0 Å². The van der Waals surface area contributed by atoms with Crippen molar-refractivity contribution in [2.75, 3.05) is 28.4 Å². The number of phenols is 2. The Morgan fingerprint density at radius 1 is 0.697 bits per heavy atom. The number of aromatic hydroxyl groups is 2. The molecule has 0 saturated heterocycles. The van der Waals surface area contributed by atoms with Crippen LogP contribution in [-0.4, -0.2) is 68.1 Å². The Bertz CT molecular complexity index is 976. The summed E-state index contributed by atoms with van der Waals surface area (Å²) < 4.78 is 56.3. The van der Waals surface area contributed by atoms with Crippen molar-refractivity contribution in [2.24, 2.45) is 0 Å². The molecule has 2 aromatic carbocycles. The fourth-order valence-corrected chi connectivity index (χ4v) is 2.22. The van der Waals surface area contributed by atoms with Crippen LogP contribution >= 0.6 is 0 Å². The molecule has 2 rings (SSSR count). The van der Waals surface area contributed by atoms with Crippen molar-refractivity contribution in [3.05, 3.63) is 35.4 Å². The van der Waals surface area contributed by atoms with Crippen molar-refractivity contribution in [1.29, 1.82) is 0 Å². The summed E-state index contributed by atoms with van der Waals surface area (Å²) in [5.41, 5.74) is -0.153. The maximum Gasteiger partial charge on any atom is 1.00 e. The molecule has 0 bridgehead atoms. The third kappa shape index (κ3) is 8.95. The summed E-state index contributed by atoms with van der Waals surface area (Å²) in [5, 5.41) is 19.8. The second-order valence-electron chi connectivity index (χ2n) is 5.58. The number of phenolic OH excluding ortho intramolecular Hbond substituents is 2. The van der Waals surface area contributed by atoms with E-state index in [1.807, 2.05) is 0 Å². The number of methoxy groups -OCH3 is 4. The number of hydrogen-bond acceptors (Lipinski definition) is 11. The molecule has 0 unspecified atom stereocenters. The van der Waals surface area contributed by atoms with Gasteiger partial charge in [0, 0.05) is 0 Å². The first kappa shape index (κ1) is 30.2. The summed E-state index contributed by atoms with van der Waals surface area (Å²) in [6.07, 6.45) is 0. The van der Waals surface area contributed by atoms with Gasteiger partial charge in [-0.1, -0.05) is 0 Å². The fraction of sp³-hybridized carbons (Fsp3) is 0.222. The maximum atomic E-state index is 12.3. The number of benzene rings is 2. The van der Waals surface area contributed by atoms with Gasteiger partial charge >= 0.3 is 51.9 Å². The summed E-state index contributed by atoms with van der Waals surface area (Å²) in [4.78, 5) is 24.6. The first-order valence-corrected chi connectivity index (χ1v) is 9.62. The van der Waals surface area contributed by atoms with Crippen LogP contribution in [0.4, 0.5) is 0 Å². The molecular formula is C18H21NaO13S. The Morgan fingerprint density at radius 2 is 0.909 bits per heavy atom. The second-order valence-corrected chi connectivity index (χ2v) is 6.48. The van der Waals surface area contributed by atoms with Crippen LogP contribution in [-0.2, 0) is 15.1 Å². The van der Waals surface area contributed by atoms with Crippen LogP contribution in [0.2, 0.25) is 0 Å². The van der Waals surface area contributed by atoms with Crippen LogP contribution in [0.25, 0.3) is 0 Å². The summed E-state index contributed by atoms with van der Waals surface area (Å²) in [6, 6.07) is 4.80. The van der Waals surface area contributed by atoms with Gasteiger partial charge in [0.15, 0.2) is 23.0 Å². The normalized spacial score (nSPS) is 10.0. The standard InChI is InChI=1S/C18H18O9.Na.H2O4S.H/c1-23-11-5-9(6-12(24-2)15(11)19)17(21)27-18(22)10-7-13(25-3)16(20)14(8-10)26-4;;1-5(2,3)4;/h5-8,19-20H,1-4H3;;(H2,1,2,3,4);/q;+1;;-1. The predicted molar refractivity (Wildman–Crippen MR) is 107 cm³/mol. The topological polar surface area (TPSA) is 195 Å². The molecule has 178 valence electrons. The van der Waals surface area contributed by atoms with Crippen molar-refractivity contribution >= 4 is 22.3 Å². The van der Waals surface area contributed by atoms with Gasteiger partial charge in [0.2, 0.25) is 11.5 Å². The first-order chi connectivity index (χ1) is 14.9. The van der Waals surface area contributed by atoms with Crippen LogP contribution in [0, 0.1) is 0 Å². The molecule has 0 spiro atoms. The molecule has 0 aromatic heterocycles. The summed E-state index contributed by atoms with van der Waals surface area (Å²) in [7, 11) is 0.515. The molecule has 4 N–H and O–H groups in total. The number of esters is 2. The van der Waals surface area contributed by atoms with Crippen LogP contribution in [0.3, 0.4) is 0 Å². The smallest absolute Gasteiger partial charge is 1.00 e. The van der Waals surface area contributed by atoms with Crippen molar-refractivity contribution in [3.63, 3.8) is 0 Å². The zero-order chi connectivity index (χ0) is 24.6. The van der Waals surface area contributed by atoms with Gasteiger partial charge in [-0.05, 0) is 24.3 Å². The van der Waals surface area contributed by atoms with Gasteiger partial charge < -0.3 is 35.3 Å². The summed E-state index contributed by atoms with van der Waals surface area (Å²) >= 11 is 0. The molecule has 0 fully saturated rings. The minimum atomic E-state index is -4.67. The second kappa shape index (κ2) is 13.1. The largest absolute Gasteiger partial charge is 1.00 e. The third-order valence-corrected chi connectivity index (χ3v) is 3.62. The Hall–Kier alpha value is -2.75. The first-order valence-electron chi connectivity index (χ1n) is 8.22. The average Bonchev–Trinajstić information content (AvgIpc) is 2.72. The molecule has 0 aliphatic heterocycles. The van der Waals surface area contributed by atoms with E-state index < -0.39 is 22.3 Å². The van der Waals surface area contributed by atoms with Crippen molar-refractivity contribution in [3.8, 4) is 34.5 Å². The fourth-order valence-electron chi connectivity index (χ4n) is 2.22. The number of hydrogen-bond donors (Lipinski definition) is 4. The van der Waals surface area contributed by atoms with Crippen LogP contribution < -0.4 is 48.5 Å². The maximum absolute atomic E-state index is 12.3. The van der Waals surface area contributed by atoms with Crippen LogP contribution in [0.1, 0.15) is 22.1 Å². The van der Waals surface area contributed by atoms with E-state index in [2.05, 4.69) is 0 Å². The Kier molecular flexibility index (Phi) is 12.0. The van der Waals surface area contributed by atoms with E-state index >= 15 is 0 Å². The number of carbonyl (C=O) groups excluding carboxylic acids is 2. The zero-order valence-electron chi connectivity index (χ0n) is 19.2. The van der Waals surface area contributed by atoms with Gasteiger partial charge in [-0.25, -0.2) is 9.59 Å². The molecule has 0 saturated carbocycles. The molecule has 0 amide bonds. The van der Waals surface area contributed by atoms with E-state index in [0.29, 0.717) is 0 Å². The molecule has 0 aliphatic carbocycles. The molecule has 33 heavy (non-hydrogen) atoms. The minimum Gasteiger partial charge on any atom is -1.00 e. The molecule has 15 heteroatoms. The quantitative estimate of drug-likeness (QED) is 0.156. The molecule has 0 atom stereocenters. The Balaban J connectivity index is 0. The van der Waals surface area contributed by atoms with E-state index in [4.69, 9.17) is 41.2 Å². The van der Waals surface area contributed by atoms with Gasteiger partial charge in [-0.3, -0.25) is 9.11 Å². The monoisotopic (exact) mass is 500 g/mol. The van der Waals surface area contributed by atoms with Gasteiger partial charge in [0.05, 0.1) is 39.6 Å². The van der Waals surface area contributed by atoms with E-state index in [9.17, 15) is 19.8 Å². The zero-order valence-corrected chi connectivity index (χ0v) is 21.0. The Labute approximate surface area is 212 Å². The van der Waals surface area contributed by atoms with Crippen molar-refractivity contribution < 1.29 is 92.0 Å². The molecule has 0 radical (unpaired) electrons. The van der Waals surface area contributed by atoms with Gasteiger partial charge in [-0.15, -0.1) is 0 Å².